The van der Waals surface area contributed by atoms with E-state index in [-0.39, 0.29) is 11.4 Å². The maximum Gasteiger partial charge on any atom is 0.123 e. The number of piperazine rings is 1. The normalized spacial score (nSPS) is 19.6. The van der Waals surface area contributed by atoms with Gasteiger partial charge in [-0.3, -0.25) is 4.90 Å². The molecule has 0 unspecified atom stereocenters. The molecule has 1 N–H and O–H groups in total. The molecule has 0 spiro atoms. The van der Waals surface area contributed by atoms with Crippen LogP contribution in [0.5, 0.6) is 0 Å². The molecule has 1 fully saturated rings. The summed E-state index contributed by atoms with van der Waals surface area (Å²) in [7, 11) is 0. The van der Waals surface area contributed by atoms with E-state index in [2.05, 4.69) is 24.1 Å². The Hall–Kier alpha value is -0.640. The van der Waals surface area contributed by atoms with Crippen molar-refractivity contribution in [1.82, 2.24) is 10.2 Å². The van der Waals surface area contributed by atoms with Crippen molar-refractivity contribution in [1.29, 1.82) is 0 Å². The first kappa shape index (κ1) is 14.8. The van der Waals surface area contributed by atoms with Crippen LogP contribution < -0.4 is 5.32 Å². The van der Waals surface area contributed by atoms with Gasteiger partial charge in [0.1, 0.15) is 5.82 Å². The third kappa shape index (κ3) is 3.47. The van der Waals surface area contributed by atoms with E-state index in [4.69, 9.17) is 11.6 Å². The van der Waals surface area contributed by atoms with E-state index in [1.165, 1.54) is 6.07 Å². The van der Waals surface area contributed by atoms with Gasteiger partial charge >= 0.3 is 0 Å². The van der Waals surface area contributed by atoms with Gasteiger partial charge in [0, 0.05) is 36.7 Å². The topological polar surface area (TPSA) is 15.3 Å². The summed E-state index contributed by atoms with van der Waals surface area (Å²) in [4.78, 5) is 2.37. The van der Waals surface area contributed by atoms with Gasteiger partial charge in [0.25, 0.3) is 0 Å². The van der Waals surface area contributed by atoms with Crippen molar-refractivity contribution in [3.63, 3.8) is 0 Å². The Morgan fingerprint density at radius 2 is 2.11 bits per heavy atom. The molecular formula is C15H22ClFN2. The van der Waals surface area contributed by atoms with Crippen LogP contribution in [0.1, 0.15) is 32.3 Å². The number of nitrogens with one attached hydrogen (secondary N) is 1. The number of halogens is 2. The molecule has 0 saturated carbocycles. The van der Waals surface area contributed by atoms with Crippen LogP contribution in [0.3, 0.4) is 0 Å². The van der Waals surface area contributed by atoms with Gasteiger partial charge in [-0.1, -0.05) is 25.4 Å². The lowest BCUT2D eigenvalue weighted by atomic mass is 9.90. The van der Waals surface area contributed by atoms with E-state index in [0.29, 0.717) is 5.02 Å². The van der Waals surface area contributed by atoms with Crippen molar-refractivity contribution in [3.05, 3.63) is 34.6 Å². The van der Waals surface area contributed by atoms with Crippen LogP contribution in [0.2, 0.25) is 5.02 Å². The highest BCUT2D eigenvalue weighted by Crippen LogP contribution is 2.24. The van der Waals surface area contributed by atoms with E-state index in [1.54, 1.807) is 12.1 Å². The summed E-state index contributed by atoms with van der Waals surface area (Å²) in [5.41, 5.74) is 1.07. The Kier molecular flexibility index (Phi) is 4.82. The molecule has 0 aromatic heterocycles. The average molecular weight is 285 g/mol. The Labute approximate surface area is 119 Å². The molecule has 0 bridgehead atoms. The van der Waals surface area contributed by atoms with Gasteiger partial charge < -0.3 is 5.32 Å². The van der Waals surface area contributed by atoms with E-state index in [0.717, 1.165) is 44.6 Å². The van der Waals surface area contributed by atoms with E-state index < -0.39 is 0 Å². The van der Waals surface area contributed by atoms with Crippen molar-refractivity contribution in [2.24, 2.45) is 0 Å². The fraction of sp³-hybridized carbons (Fsp3) is 0.600. The first-order valence-electron chi connectivity index (χ1n) is 7.00. The number of hydrogen-bond donors (Lipinski definition) is 1. The molecule has 0 aliphatic carbocycles. The van der Waals surface area contributed by atoms with Crippen LogP contribution in [-0.4, -0.2) is 30.1 Å². The van der Waals surface area contributed by atoms with Crippen LogP contribution in [0.15, 0.2) is 18.2 Å². The summed E-state index contributed by atoms with van der Waals surface area (Å²) >= 11 is 6.15. The molecule has 0 radical (unpaired) electrons. The summed E-state index contributed by atoms with van der Waals surface area (Å²) in [6.45, 7) is 8.11. The van der Waals surface area contributed by atoms with E-state index >= 15 is 0 Å². The SMILES string of the molecule is CCC1(CC)CN(Cc2cc(F)ccc2Cl)CCN1. The van der Waals surface area contributed by atoms with E-state index in [1.807, 2.05) is 0 Å². The summed E-state index contributed by atoms with van der Waals surface area (Å²) in [5.74, 6) is -0.216. The fourth-order valence-corrected chi connectivity index (χ4v) is 2.98. The zero-order valence-electron chi connectivity index (χ0n) is 11.7. The Morgan fingerprint density at radius 1 is 1.37 bits per heavy atom. The molecule has 1 heterocycles. The van der Waals surface area contributed by atoms with Gasteiger partial charge in [-0.05, 0) is 36.6 Å². The zero-order chi connectivity index (χ0) is 13.9. The van der Waals surface area contributed by atoms with Crippen molar-refractivity contribution >= 4 is 11.6 Å². The number of nitrogens with zero attached hydrogens (tertiary/aromatic N) is 1. The van der Waals surface area contributed by atoms with Gasteiger partial charge in [0.15, 0.2) is 0 Å². The largest absolute Gasteiger partial charge is 0.309 e. The molecular weight excluding hydrogens is 263 g/mol. The van der Waals surface area contributed by atoms with Crippen LogP contribution in [0.25, 0.3) is 0 Å². The van der Waals surface area contributed by atoms with Crippen LogP contribution in [-0.2, 0) is 6.54 Å². The smallest absolute Gasteiger partial charge is 0.123 e. The quantitative estimate of drug-likeness (QED) is 0.911. The number of benzene rings is 1. The predicted octanol–water partition coefficient (Wildman–Crippen LogP) is 3.44. The molecule has 2 nitrogen and oxygen atoms in total. The second-order valence-electron chi connectivity index (χ2n) is 5.36. The molecule has 106 valence electrons. The lowest BCUT2D eigenvalue weighted by molar-refractivity contribution is 0.118. The van der Waals surface area contributed by atoms with Gasteiger partial charge in [-0.2, -0.15) is 0 Å². The minimum absolute atomic E-state index is 0.193. The Bertz CT molecular complexity index is 432. The van der Waals surface area contributed by atoms with Crippen LogP contribution in [0.4, 0.5) is 4.39 Å². The molecule has 2 rings (SSSR count). The second kappa shape index (κ2) is 6.21. The van der Waals surface area contributed by atoms with Crippen molar-refractivity contribution in [3.8, 4) is 0 Å². The first-order valence-corrected chi connectivity index (χ1v) is 7.37. The van der Waals surface area contributed by atoms with E-state index in [9.17, 15) is 4.39 Å². The summed E-state index contributed by atoms with van der Waals surface area (Å²) in [5, 5.41) is 4.28. The monoisotopic (exact) mass is 284 g/mol. The third-order valence-corrected chi connectivity index (χ3v) is 4.58. The van der Waals surface area contributed by atoms with Crippen molar-refractivity contribution in [2.45, 2.75) is 38.8 Å². The highest BCUT2D eigenvalue weighted by atomic mass is 35.5. The standard InChI is InChI=1S/C15H22ClFN2/c1-3-15(4-2)11-19(8-7-18-15)10-12-9-13(17)5-6-14(12)16/h5-6,9,18H,3-4,7-8,10-11H2,1-2H3. The number of rotatable bonds is 4. The minimum Gasteiger partial charge on any atom is -0.309 e. The van der Waals surface area contributed by atoms with Crippen LogP contribution in [0, 0.1) is 5.82 Å². The molecule has 0 amide bonds. The van der Waals surface area contributed by atoms with Crippen LogP contribution >= 0.6 is 11.6 Å². The van der Waals surface area contributed by atoms with Gasteiger partial charge in [0.05, 0.1) is 0 Å². The lowest BCUT2D eigenvalue weighted by Gasteiger charge is -2.43. The Morgan fingerprint density at radius 3 is 2.79 bits per heavy atom. The minimum atomic E-state index is -0.216. The zero-order valence-corrected chi connectivity index (χ0v) is 12.4. The third-order valence-electron chi connectivity index (χ3n) is 4.21. The van der Waals surface area contributed by atoms with Gasteiger partial charge in [-0.25, -0.2) is 4.39 Å². The summed E-state index contributed by atoms with van der Waals surface area (Å²) in [6, 6.07) is 4.59. The Balaban J connectivity index is 2.08. The fourth-order valence-electron chi connectivity index (χ4n) is 2.81. The van der Waals surface area contributed by atoms with Gasteiger partial charge in [-0.15, -0.1) is 0 Å². The lowest BCUT2D eigenvalue weighted by Crippen LogP contribution is -2.59. The number of hydrogen-bond acceptors (Lipinski definition) is 2. The molecule has 1 aromatic carbocycles. The summed E-state index contributed by atoms with van der Waals surface area (Å²) < 4.78 is 13.3. The molecule has 1 aliphatic heterocycles. The highest BCUT2D eigenvalue weighted by Gasteiger charge is 2.31. The first-order chi connectivity index (χ1) is 9.08. The molecule has 0 atom stereocenters. The van der Waals surface area contributed by atoms with Gasteiger partial charge in [0.2, 0.25) is 0 Å². The predicted molar refractivity (Wildman–Crippen MR) is 78.0 cm³/mol. The van der Waals surface area contributed by atoms with Crippen molar-refractivity contribution < 1.29 is 4.39 Å². The molecule has 19 heavy (non-hydrogen) atoms. The maximum absolute atomic E-state index is 13.3. The average Bonchev–Trinajstić information content (AvgIpc) is 2.43. The second-order valence-corrected chi connectivity index (χ2v) is 5.77. The highest BCUT2D eigenvalue weighted by molar-refractivity contribution is 6.31. The molecule has 4 heteroatoms. The summed E-state index contributed by atoms with van der Waals surface area (Å²) in [6.07, 6.45) is 2.22. The molecule has 1 aliphatic rings. The molecule has 1 saturated heterocycles. The maximum atomic E-state index is 13.3. The van der Waals surface area contributed by atoms with Crippen molar-refractivity contribution in [2.75, 3.05) is 19.6 Å². The molecule has 1 aromatic rings.